The van der Waals surface area contributed by atoms with Crippen molar-refractivity contribution >= 4 is 40.9 Å². The third kappa shape index (κ3) is 4.74. The van der Waals surface area contributed by atoms with Crippen molar-refractivity contribution in [2.45, 2.75) is 18.9 Å². The van der Waals surface area contributed by atoms with Crippen molar-refractivity contribution in [3.8, 4) is 0 Å². The molecule has 10 heteroatoms. The van der Waals surface area contributed by atoms with Crippen LogP contribution < -0.4 is 16.4 Å². The Morgan fingerprint density at radius 3 is 2.89 bits per heavy atom. The highest BCUT2D eigenvalue weighted by molar-refractivity contribution is 6.30. The predicted octanol–water partition coefficient (Wildman–Crippen LogP) is 1.96. The molecular weight excluding hydrogens is 382 g/mol. The van der Waals surface area contributed by atoms with E-state index in [4.69, 9.17) is 17.3 Å². The van der Waals surface area contributed by atoms with Gasteiger partial charge < -0.3 is 21.3 Å². The first-order chi connectivity index (χ1) is 13.5. The molecule has 0 radical (unpaired) electrons. The number of likely N-dealkylation sites (tertiary alicyclic amines) is 1. The van der Waals surface area contributed by atoms with Crippen molar-refractivity contribution in [3.05, 3.63) is 47.6 Å². The van der Waals surface area contributed by atoms with E-state index in [1.54, 1.807) is 29.2 Å². The SMILES string of the molecule is C=CC(=O)N1CCC[C@@H](Nc2nnc(C(N)=O)c(Nc3cccc(Cl)c3)n2)C1. The molecule has 0 unspecified atom stereocenters. The maximum Gasteiger partial charge on any atom is 0.273 e. The van der Waals surface area contributed by atoms with Crippen molar-refractivity contribution in [1.29, 1.82) is 0 Å². The summed E-state index contributed by atoms with van der Waals surface area (Å²) in [5.41, 5.74) is 5.92. The minimum absolute atomic E-state index is 0.0436. The zero-order valence-corrected chi connectivity index (χ0v) is 15.8. The Morgan fingerprint density at radius 1 is 1.36 bits per heavy atom. The summed E-state index contributed by atoms with van der Waals surface area (Å²) in [5.74, 6) is -0.469. The van der Waals surface area contributed by atoms with Crippen LogP contribution in [0.2, 0.25) is 5.02 Å². The number of halogens is 1. The lowest BCUT2D eigenvalue weighted by Gasteiger charge is -2.32. The van der Waals surface area contributed by atoms with Gasteiger partial charge in [0, 0.05) is 29.8 Å². The number of nitrogens with zero attached hydrogens (tertiary/aromatic N) is 4. The fourth-order valence-electron chi connectivity index (χ4n) is 2.95. The van der Waals surface area contributed by atoms with Crippen molar-refractivity contribution in [1.82, 2.24) is 20.1 Å². The molecule has 2 aromatic rings. The number of benzene rings is 1. The molecule has 0 bridgehead atoms. The van der Waals surface area contributed by atoms with E-state index >= 15 is 0 Å². The highest BCUT2D eigenvalue weighted by atomic mass is 35.5. The van der Waals surface area contributed by atoms with Crippen LogP contribution in [0.3, 0.4) is 0 Å². The summed E-state index contributed by atoms with van der Waals surface area (Å²) in [6.07, 6.45) is 2.99. The molecule has 9 nitrogen and oxygen atoms in total. The predicted molar refractivity (Wildman–Crippen MR) is 107 cm³/mol. The van der Waals surface area contributed by atoms with Crippen molar-refractivity contribution in [2.24, 2.45) is 5.73 Å². The lowest BCUT2D eigenvalue weighted by atomic mass is 10.1. The third-order valence-corrected chi connectivity index (χ3v) is 4.48. The molecule has 28 heavy (non-hydrogen) atoms. The molecule has 1 fully saturated rings. The van der Waals surface area contributed by atoms with E-state index in [9.17, 15) is 9.59 Å². The van der Waals surface area contributed by atoms with Crippen LogP contribution in [0.5, 0.6) is 0 Å². The maximum absolute atomic E-state index is 11.8. The minimum atomic E-state index is -0.753. The highest BCUT2D eigenvalue weighted by Crippen LogP contribution is 2.22. The number of anilines is 3. The number of piperidine rings is 1. The topological polar surface area (TPSA) is 126 Å². The molecule has 1 aliphatic rings. The van der Waals surface area contributed by atoms with Gasteiger partial charge in [-0.15, -0.1) is 10.2 Å². The number of carbonyl (C=O) groups is 2. The maximum atomic E-state index is 11.8. The van der Waals surface area contributed by atoms with E-state index in [0.29, 0.717) is 23.8 Å². The largest absolute Gasteiger partial charge is 0.364 e. The summed E-state index contributed by atoms with van der Waals surface area (Å²) < 4.78 is 0. The number of hydrogen-bond acceptors (Lipinski definition) is 7. The molecular formula is C18H20ClN7O2. The smallest absolute Gasteiger partial charge is 0.273 e. The van der Waals surface area contributed by atoms with Gasteiger partial charge in [-0.05, 0) is 37.1 Å². The Labute approximate surface area is 167 Å². The number of aromatic nitrogens is 3. The van der Waals surface area contributed by atoms with Gasteiger partial charge in [0.05, 0.1) is 0 Å². The van der Waals surface area contributed by atoms with Crippen LogP contribution in [-0.4, -0.2) is 51.0 Å². The number of rotatable bonds is 6. The molecule has 4 N–H and O–H groups in total. The Hall–Kier alpha value is -3.20. The second-order valence-corrected chi connectivity index (χ2v) is 6.74. The summed E-state index contributed by atoms with van der Waals surface area (Å²) >= 11 is 5.99. The molecule has 1 aromatic carbocycles. The van der Waals surface area contributed by atoms with Gasteiger partial charge in [-0.2, -0.15) is 4.98 Å². The number of hydrogen-bond donors (Lipinski definition) is 3. The summed E-state index contributed by atoms with van der Waals surface area (Å²) in [4.78, 5) is 29.6. The minimum Gasteiger partial charge on any atom is -0.364 e. The lowest BCUT2D eigenvalue weighted by Crippen LogP contribution is -2.44. The van der Waals surface area contributed by atoms with Gasteiger partial charge in [0.1, 0.15) is 0 Å². The van der Waals surface area contributed by atoms with Gasteiger partial charge in [0.25, 0.3) is 5.91 Å². The molecule has 1 saturated heterocycles. The van der Waals surface area contributed by atoms with Crippen LogP contribution in [0.15, 0.2) is 36.9 Å². The number of nitrogens with two attached hydrogens (primary N) is 1. The van der Waals surface area contributed by atoms with Crippen molar-refractivity contribution in [3.63, 3.8) is 0 Å². The molecule has 2 heterocycles. The van der Waals surface area contributed by atoms with E-state index in [-0.39, 0.29) is 29.4 Å². The van der Waals surface area contributed by atoms with Crippen molar-refractivity contribution < 1.29 is 9.59 Å². The van der Waals surface area contributed by atoms with Crippen molar-refractivity contribution in [2.75, 3.05) is 23.7 Å². The van der Waals surface area contributed by atoms with E-state index in [1.807, 2.05) is 0 Å². The second-order valence-electron chi connectivity index (χ2n) is 6.30. The first-order valence-electron chi connectivity index (χ1n) is 8.71. The molecule has 0 saturated carbocycles. The average molecular weight is 402 g/mol. The van der Waals surface area contributed by atoms with Gasteiger partial charge in [0.15, 0.2) is 11.5 Å². The Kier molecular flexibility index (Phi) is 6.05. The molecule has 0 spiro atoms. The van der Waals surface area contributed by atoms with E-state index < -0.39 is 5.91 Å². The Morgan fingerprint density at radius 2 is 2.18 bits per heavy atom. The molecule has 146 valence electrons. The Bertz CT molecular complexity index is 905. The standard InChI is InChI=1S/C18H20ClN7O2/c1-2-14(27)26-8-4-7-13(10-26)22-18-23-17(15(16(20)28)24-25-18)21-12-6-3-5-11(19)9-12/h2-3,5-6,9,13H,1,4,7-8,10H2,(H2,20,28)(H2,21,22,23,25)/t13-/m1/s1. The van der Waals surface area contributed by atoms with Crippen LogP contribution in [0, 0.1) is 0 Å². The zero-order valence-electron chi connectivity index (χ0n) is 15.1. The van der Waals surface area contributed by atoms with Crippen LogP contribution in [-0.2, 0) is 4.79 Å². The summed E-state index contributed by atoms with van der Waals surface area (Å²) in [6, 6.07) is 6.90. The number of nitrogens with one attached hydrogen (secondary N) is 2. The van der Waals surface area contributed by atoms with Crippen LogP contribution >= 0.6 is 11.6 Å². The van der Waals surface area contributed by atoms with E-state index in [0.717, 1.165) is 12.8 Å². The van der Waals surface area contributed by atoms with Gasteiger partial charge in [0.2, 0.25) is 11.9 Å². The van der Waals surface area contributed by atoms with E-state index in [2.05, 4.69) is 32.4 Å². The van der Waals surface area contributed by atoms with Gasteiger partial charge in [-0.3, -0.25) is 9.59 Å². The normalized spacial score (nSPS) is 16.3. The summed E-state index contributed by atoms with van der Waals surface area (Å²) in [7, 11) is 0. The van der Waals surface area contributed by atoms with E-state index in [1.165, 1.54) is 6.08 Å². The van der Waals surface area contributed by atoms with Gasteiger partial charge in [-0.1, -0.05) is 24.2 Å². The fraction of sp³-hybridized carbons (Fsp3) is 0.278. The van der Waals surface area contributed by atoms with Crippen LogP contribution in [0.4, 0.5) is 17.5 Å². The molecule has 3 rings (SSSR count). The highest BCUT2D eigenvalue weighted by Gasteiger charge is 2.23. The molecule has 0 aliphatic carbocycles. The lowest BCUT2D eigenvalue weighted by molar-refractivity contribution is -0.127. The summed E-state index contributed by atoms with van der Waals surface area (Å²) in [5, 5.41) is 14.5. The number of amides is 2. The fourth-order valence-corrected chi connectivity index (χ4v) is 3.14. The van der Waals surface area contributed by atoms with Crippen LogP contribution in [0.1, 0.15) is 23.3 Å². The van der Waals surface area contributed by atoms with Gasteiger partial charge >= 0.3 is 0 Å². The first kappa shape index (κ1) is 19.6. The second kappa shape index (κ2) is 8.66. The number of carbonyl (C=O) groups excluding carboxylic acids is 2. The monoisotopic (exact) mass is 401 g/mol. The third-order valence-electron chi connectivity index (χ3n) is 4.25. The van der Waals surface area contributed by atoms with Crippen LogP contribution in [0.25, 0.3) is 0 Å². The summed E-state index contributed by atoms with van der Waals surface area (Å²) in [6.45, 7) is 4.71. The van der Waals surface area contributed by atoms with Gasteiger partial charge in [-0.25, -0.2) is 0 Å². The Balaban J connectivity index is 1.79. The quantitative estimate of drug-likeness (QED) is 0.631. The molecule has 1 aromatic heterocycles. The zero-order chi connectivity index (χ0) is 20.1. The molecule has 1 atom stereocenters. The first-order valence-corrected chi connectivity index (χ1v) is 9.09. The average Bonchev–Trinajstić information content (AvgIpc) is 2.67. The number of primary amides is 1. The molecule has 2 amide bonds. The molecule has 1 aliphatic heterocycles.